The Hall–Kier alpha value is -3.65. The number of thiophene rings is 1. The summed E-state index contributed by atoms with van der Waals surface area (Å²) in [5.41, 5.74) is 10.3. The minimum absolute atomic E-state index is 0.249. The first-order valence-corrected chi connectivity index (χ1v) is 13.0. The van der Waals surface area contributed by atoms with Gasteiger partial charge in [0.05, 0.1) is 5.56 Å². The first kappa shape index (κ1) is 25.4. The van der Waals surface area contributed by atoms with E-state index in [2.05, 4.69) is 10.6 Å². The van der Waals surface area contributed by atoms with Crippen molar-refractivity contribution in [2.24, 2.45) is 5.73 Å². The maximum Gasteiger partial charge on any atom is 0.265 e. The van der Waals surface area contributed by atoms with E-state index in [-0.39, 0.29) is 11.8 Å². The molecule has 2 aromatic carbocycles. The highest BCUT2D eigenvalue weighted by molar-refractivity contribution is 7.17. The number of ether oxygens (including phenoxy) is 1. The van der Waals surface area contributed by atoms with Crippen molar-refractivity contribution >= 4 is 39.7 Å². The van der Waals surface area contributed by atoms with Gasteiger partial charge in [0.2, 0.25) is 0 Å². The van der Waals surface area contributed by atoms with Crippen molar-refractivity contribution in [2.45, 2.75) is 59.0 Å². The maximum absolute atomic E-state index is 12.9. The molecule has 1 unspecified atom stereocenters. The summed E-state index contributed by atoms with van der Waals surface area (Å²) in [5.74, 6) is -0.627. The number of aryl methyl sites for hydroxylation is 3. The second-order valence-corrected chi connectivity index (χ2v) is 10.1. The number of carbonyl (C=O) groups is 3. The third-order valence-corrected chi connectivity index (χ3v) is 7.64. The molecule has 3 amide bonds. The van der Waals surface area contributed by atoms with Gasteiger partial charge >= 0.3 is 0 Å². The van der Waals surface area contributed by atoms with Crippen LogP contribution in [0.25, 0.3) is 0 Å². The molecule has 0 radical (unpaired) electrons. The van der Waals surface area contributed by atoms with Gasteiger partial charge in [0, 0.05) is 16.1 Å². The zero-order valence-electron chi connectivity index (χ0n) is 20.8. The molecule has 7 nitrogen and oxygen atoms in total. The van der Waals surface area contributed by atoms with Crippen molar-refractivity contribution in [3.63, 3.8) is 0 Å². The van der Waals surface area contributed by atoms with E-state index in [1.165, 1.54) is 11.3 Å². The van der Waals surface area contributed by atoms with Crippen LogP contribution in [0.15, 0.2) is 42.5 Å². The number of fused-ring (bicyclic) bond motifs is 1. The summed E-state index contributed by atoms with van der Waals surface area (Å²) in [6.45, 7) is 5.69. The lowest BCUT2D eigenvalue weighted by Crippen LogP contribution is -2.30. The van der Waals surface area contributed by atoms with E-state index in [0.717, 1.165) is 59.4 Å². The summed E-state index contributed by atoms with van der Waals surface area (Å²) in [5, 5.41) is 6.35. The molecule has 1 heterocycles. The van der Waals surface area contributed by atoms with E-state index < -0.39 is 12.0 Å². The van der Waals surface area contributed by atoms with Gasteiger partial charge in [-0.3, -0.25) is 14.4 Å². The zero-order chi connectivity index (χ0) is 25.8. The summed E-state index contributed by atoms with van der Waals surface area (Å²) in [7, 11) is 0. The lowest BCUT2D eigenvalue weighted by atomic mass is 9.95. The topological polar surface area (TPSA) is 111 Å². The third-order valence-electron chi connectivity index (χ3n) is 6.43. The number of rotatable bonds is 8. The fourth-order valence-electron chi connectivity index (χ4n) is 4.46. The molecule has 1 aliphatic rings. The minimum atomic E-state index is -0.732. The quantitative estimate of drug-likeness (QED) is 0.388. The van der Waals surface area contributed by atoms with Crippen LogP contribution in [-0.4, -0.2) is 23.8 Å². The van der Waals surface area contributed by atoms with Crippen LogP contribution in [0.1, 0.15) is 69.0 Å². The van der Waals surface area contributed by atoms with Gasteiger partial charge in [-0.2, -0.15) is 0 Å². The van der Waals surface area contributed by atoms with Crippen LogP contribution in [0.3, 0.4) is 0 Å². The smallest absolute Gasteiger partial charge is 0.265 e. The first-order valence-electron chi connectivity index (χ1n) is 12.2. The molecule has 8 heteroatoms. The molecule has 4 N–H and O–H groups in total. The fraction of sp³-hybridized carbons (Fsp3) is 0.321. The summed E-state index contributed by atoms with van der Waals surface area (Å²) in [4.78, 5) is 38.8. The Morgan fingerprint density at radius 1 is 1.06 bits per heavy atom. The predicted octanol–water partition coefficient (Wildman–Crippen LogP) is 5.25. The van der Waals surface area contributed by atoms with E-state index in [0.29, 0.717) is 21.9 Å². The zero-order valence-corrected chi connectivity index (χ0v) is 21.6. The number of anilines is 2. The van der Waals surface area contributed by atoms with Crippen LogP contribution in [0.4, 0.5) is 10.7 Å². The highest BCUT2D eigenvalue weighted by atomic mass is 32.1. The van der Waals surface area contributed by atoms with Gasteiger partial charge < -0.3 is 21.1 Å². The molecule has 188 valence electrons. The lowest BCUT2D eigenvalue weighted by molar-refractivity contribution is -0.122. The van der Waals surface area contributed by atoms with E-state index in [4.69, 9.17) is 10.5 Å². The average molecular weight is 506 g/mol. The molecule has 0 fully saturated rings. The van der Waals surface area contributed by atoms with Gasteiger partial charge in [0.15, 0.2) is 6.10 Å². The van der Waals surface area contributed by atoms with E-state index in [1.807, 2.05) is 32.0 Å². The molecule has 1 atom stereocenters. The van der Waals surface area contributed by atoms with Crippen molar-refractivity contribution in [1.82, 2.24) is 0 Å². The molecule has 0 bridgehead atoms. The number of amides is 3. The molecular weight excluding hydrogens is 474 g/mol. The summed E-state index contributed by atoms with van der Waals surface area (Å²) in [6, 6.07) is 12.5. The SMILES string of the molecule is CCc1cccc(C)c1NC(=O)C(C)Oc1ccc(C(=O)Nc2sc3c(c2C(N)=O)CCCC3)cc1. The maximum atomic E-state index is 12.9. The Balaban J connectivity index is 1.41. The molecule has 0 spiro atoms. The van der Waals surface area contributed by atoms with Crippen LogP contribution >= 0.6 is 11.3 Å². The average Bonchev–Trinajstić information content (AvgIpc) is 3.23. The summed E-state index contributed by atoms with van der Waals surface area (Å²) < 4.78 is 5.82. The number of primary amides is 1. The van der Waals surface area contributed by atoms with E-state index in [1.54, 1.807) is 31.2 Å². The first-order chi connectivity index (χ1) is 17.3. The molecule has 0 aliphatic heterocycles. The minimum Gasteiger partial charge on any atom is -0.481 e. The molecule has 3 aromatic rings. The fourth-order valence-corrected chi connectivity index (χ4v) is 5.75. The standard InChI is InChI=1S/C28H31N3O4S/c1-4-18-9-7-8-16(2)24(18)30-26(33)17(3)35-20-14-12-19(13-15-20)27(34)31-28-23(25(29)32)21-10-5-6-11-22(21)36-28/h7-9,12-15,17H,4-6,10-11H2,1-3H3,(H2,29,32)(H,30,33)(H,31,34). The molecule has 4 rings (SSSR count). The molecular formula is C28H31N3O4S. The highest BCUT2D eigenvalue weighted by Gasteiger charge is 2.25. The Morgan fingerprint density at radius 2 is 1.78 bits per heavy atom. The van der Waals surface area contributed by atoms with Gasteiger partial charge in [0.25, 0.3) is 17.7 Å². The van der Waals surface area contributed by atoms with Crippen molar-refractivity contribution in [2.75, 3.05) is 10.6 Å². The normalized spacial score (nSPS) is 13.4. The van der Waals surface area contributed by atoms with Crippen molar-refractivity contribution < 1.29 is 19.1 Å². The van der Waals surface area contributed by atoms with Gasteiger partial charge in [0.1, 0.15) is 10.8 Å². The molecule has 36 heavy (non-hydrogen) atoms. The molecule has 1 aliphatic carbocycles. The highest BCUT2D eigenvalue weighted by Crippen LogP contribution is 2.38. The summed E-state index contributed by atoms with van der Waals surface area (Å²) >= 11 is 1.43. The van der Waals surface area contributed by atoms with Crippen LogP contribution < -0.4 is 21.1 Å². The third kappa shape index (κ3) is 5.44. The van der Waals surface area contributed by atoms with Gasteiger partial charge in [-0.15, -0.1) is 11.3 Å². The second kappa shape index (κ2) is 11.0. The number of nitrogens with two attached hydrogens (primary N) is 1. The van der Waals surface area contributed by atoms with E-state index in [9.17, 15) is 14.4 Å². The number of benzene rings is 2. The Labute approximate surface area is 215 Å². The van der Waals surface area contributed by atoms with Crippen molar-refractivity contribution in [3.8, 4) is 5.75 Å². The number of nitrogens with one attached hydrogen (secondary N) is 2. The van der Waals surface area contributed by atoms with Crippen LogP contribution in [0.5, 0.6) is 5.75 Å². The molecule has 0 saturated heterocycles. The largest absolute Gasteiger partial charge is 0.481 e. The van der Waals surface area contributed by atoms with Crippen LogP contribution in [0, 0.1) is 6.92 Å². The van der Waals surface area contributed by atoms with Crippen LogP contribution in [-0.2, 0) is 24.1 Å². The molecule has 0 saturated carbocycles. The second-order valence-electron chi connectivity index (χ2n) is 8.97. The molecule has 1 aromatic heterocycles. The Bertz CT molecular complexity index is 1300. The Kier molecular flexibility index (Phi) is 7.74. The number of carbonyl (C=O) groups excluding carboxylic acids is 3. The Morgan fingerprint density at radius 3 is 2.47 bits per heavy atom. The van der Waals surface area contributed by atoms with E-state index >= 15 is 0 Å². The number of hydrogen-bond acceptors (Lipinski definition) is 5. The monoisotopic (exact) mass is 505 g/mol. The summed E-state index contributed by atoms with van der Waals surface area (Å²) in [6.07, 6.45) is 3.87. The van der Waals surface area contributed by atoms with Gasteiger partial charge in [-0.05, 0) is 86.9 Å². The number of hydrogen-bond donors (Lipinski definition) is 3. The lowest BCUT2D eigenvalue weighted by Gasteiger charge is -2.18. The number of para-hydroxylation sites is 1. The van der Waals surface area contributed by atoms with Crippen LogP contribution in [0.2, 0.25) is 0 Å². The van der Waals surface area contributed by atoms with Gasteiger partial charge in [-0.25, -0.2) is 0 Å². The predicted molar refractivity (Wildman–Crippen MR) is 143 cm³/mol. The van der Waals surface area contributed by atoms with Crippen molar-refractivity contribution in [1.29, 1.82) is 0 Å². The van der Waals surface area contributed by atoms with Crippen molar-refractivity contribution in [3.05, 3.63) is 75.2 Å². The van der Waals surface area contributed by atoms with Gasteiger partial charge in [-0.1, -0.05) is 25.1 Å².